The van der Waals surface area contributed by atoms with Crippen molar-refractivity contribution in [3.63, 3.8) is 0 Å². The smallest absolute Gasteiger partial charge is 0.416 e. The van der Waals surface area contributed by atoms with Crippen LogP contribution in [0.1, 0.15) is 29.7 Å². The van der Waals surface area contributed by atoms with E-state index in [9.17, 15) is 18.0 Å². The molecule has 0 spiro atoms. The van der Waals surface area contributed by atoms with Gasteiger partial charge in [0.05, 0.1) is 23.9 Å². The van der Waals surface area contributed by atoms with Gasteiger partial charge in [0.25, 0.3) is 0 Å². The predicted molar refractivity (Wildman–Crippen MR) is 137 cm³/mol. The molecule has 1 N–H and O–H groups in total. The Balaban J connectivity index is 1.52. The van der Waals surface area contributed by atoms with Gasteiger partial charge in [-0.15, -0.1) is 5.10 Å². The number of hydrazone groups is 1. The number of anilines is 1. The van der Waals surface area contributed by atoms with Gasteiger partial charge in [0.15, 0.2) is 0 Å². The van der Waals surface area contributed by atoms with Crippen molar-refractivity contribution in [2.24, 2.45) is 5.10 Å². The Hall–Kier alpha value is -3.85. The van der Waals surface area contributed by atoms with E-state index < -0.39 is 17.7 Å². The van der Waals surface area contributed by atoms with Crippen LogP contribution in [0.4, 0.5) is 18.9 Å². The van der Waals surface area contributed by atoms with E-state index in [0.29, 0.717) is 26.2 Å². The number of esters is 1. The lowest BCUT2D eigenvalue weighted by molar-refractivity contribution is -0.138. The van der Waals surface area contributed by atoms with Crippen molar-refractivity contribution in [3.8, 4) is 0 Å². The summed E-state index contributed by atoms with van der Waals surface area (Å²) in [6.07, 6.45) is -4.48. The number of rotatable bonds is 6. The second-order valence-corrected chi connectivity index (χ2v) is 8.59. The number of ether oxygens (including phenoxy) is 1. The zero-order valence-electron chi connectivity index (χ0n) is 20.5. The number of amidine groups is 1. The van der Waals surface area contributed by atoms with Gasteiger partial charge in [-0.3, -0.25) is 10.3 Å². The normalized spacial score (nSPS) is 15.1. The third-order valence-electron chi connectivity index (χ3n) is 6.15. The van der Waals surface area contributed by atoms with Gasteiger partial charge < -0.3 is 9.64 Å². The van der Waals surface area contributed by atoms with E-state index >= 15 is 0 Å². The lowest BCUT2D eigenvalue weighted by Crippen LogP contribution is -2.52. The molecule has 0 bridgehead atoms. The first kappa shape index (κ1) is 26.2. The average Bonchev–Trinajstić information content (AvgIpc) is 2.91. The Labute approximate surface area is 214 Å². The first-order valence-corrected chi connectivity index (χ1v) is 12.1. The van der Waals surface area contributed by atoms with Crippen LogP contribution in [0.2, 0.25) is 0 Å². The highest BCUT2D eigenvalue weighted by Gasteiger charge is 2.31. The first-order chi connectivity index (χ1) is 17.9. The van der Waals surface area contributed by atoms with Crippen LogP contribution < -0.4 is 5.43 Å². The lowest BCUT2D eigenvalue weighted by Gasteiger charge is -2.40. The molecule has 3 aromatic rings. The van der Waals surface area contributed by atoms with Crippen molar-refractivity contribution in [1.82, 2.24) is 9.80 Å². The second-order valence-electron chi connectivity index (χ2n) is 8.59. The molecule has 0 radical (unpaired) electrons. The fourth-order valence-corrected chi connectivity index (χ4v) is 4.40. The summed E-state index contributed by atoms with van der Waals surface area (Å²) >= 11 is 0. The van der Waals surface area contributed by atoms with Crippen LogP contribution in [0.15, 0.2) is 90.0 Å². The van der Waals surface area contributed by atoms with E-state index in [1.165, 1.54) is 23.3 Å². The zero-order valence-corrected chi connectivity index (χ0v) is 20.5. The number of piperazine rings is 1. The Morgan fingerprint density at radius 2 is 1.51 bits per heavy atom. The highest BCUT2D eigenvalue weighted by Crippen LogP contribution is 2.31. The van der Waals surface area contributed by atoms with Gasteiger partial charge in [-0.2, -0.15) is 13.2 Å². The quantitative estimate of drug-likeness (QED) is 0.208. The summed E-state index contributed by atoms with van der Waals surface area (Å²) in [7, 11) is 0. The number of nitrogens with zero attached hydrogens (tertiary/aromatic N) is 3. The summed E-state index contributed by atoms with van der Waals surface area (Å²) in [4.78, 5) is 16.9. The van der Waals surface area contributed by atoms with Crippen molar-refractivity contribution in [1.29, 1.82) is 0 Å². The standard InChI is InChI=1S/C28H29F3N4O2/c1-2-37-27(36)26(33-32-24-15-9-14-23(20-24)28(29,30)31)35-18-16-34(17-19-35)25(21-10-5-3-6-11-21)22-12-7-4-8-13-22/h3-15,20,25,32H,2,16-19H2,1H3/b33-26+. The number of carbonyl (C=O) groups excluding carboxylic acids is 1. The van der Waals surface area contributed by atoms with Crippen molar-refractivity contribution < 1.29 is 22.7 Å². The van der Waals surface area contributed by atoms with Crippen LogP contribution in [0.5, 0.6) is 0 Å². The molecule has 1 aliphatic heterocycles. The van der Waals surface area contributed by atoms with Gasteiger partial charge in [0.2, 0.25) is 5.84 Å². The van der Waals surface area contributed by atoms with Crippen LogP contribution in [0, 0.1) is 0 Å². The van der Waals surface area contributed by atoms with Gasteiger partial charge in [-0.25, -0.2) is 4.79 Å². The lowest BCUT2D eigenvalue weighted by atomic mass is 9.96. The van der Waals surface area contributed by atoms with Crippen LogP contribution in [0.25, 0.3) is 0 Å². The predicted octanol–water partition coefficient (Wildman–Crippen LogP) is 5.40. The third-order valence-corrected chi connectivity index (χ3v) is 6.15. The van der Waals surface area contributed by atoms with Crippen LogP contribution in [0.3, 0.4) is 0 Å². The van der Waals surface area contributed by atoms with E-state index in [1.54, 1.807) is 6.92 Å². The number of nitrogens with one attached hydrogen (secondary N) is 1. The summed E-state index contributed by atoms with van der Waals surface area (Å²) in [6, 6.07) is 25.2. The van der Waals surface area contributed by atoms with E-state index in [4.69, 9.17) is 4.74 Å². The fraction of sp³-hybridized carbons (Fsp3) is 0.286. The minimum absolute atomic E-state index is 0.0369. The maximum absolute atomic E-state index is 13.1. The van der Waals surface area contributed by atoms with E-state index in [-0.39, 0.29) is 24.2 Å². The Morgan fingerprint density at radius 1 is 0.919 bits per heavy atom. The number of hydrogen-bond donors (Lipinski definition) is 1. The molecule has 194 valence electrons. The fourth-order valence-electron chi connectivity index (χ4n) is 4.40. The number of hydrogen-bond acceptors (Lipinski definition) is 5. The molecule has 0 atom stereocenters. The van der Waals surface area contributed by atoms with Crippen molar-refractivity contribution in [2.45, 2.75) is 19.1 Å². The highest BCUT2D eigenvalue weighted by molar-refractivity contribution is 6.35. The molecule has 1 heterocycles. The van der Waals surface area contributed by atoms with Crippen molar-refractivity contribution in [3.05, 3.63) is 102 Å². The minimum atomic E-state index is -4.48. The molecule has 1 aliphatic rings. The molecule has 9 heteroatoms. The van der Waals surface area contributed by atoms with Gasteiger partial charge in [-0.1, -0.05) is 66.7 Å². The maximum atomic E-state index is 13.1. The largest absolute Gasteiger partial charge is 0.460 e. The monoisotopic (exact) mass is 510 g/mol. The summed E-state index contributed by atoms with van der Waals surface area (Å²) in [6.45, 7) is 4.15. The van der Waals surface area contributed by atoms with E-state index in [1.807, 2.05) is 41.3 Å². The zero-order chi connectivity index (χ0) is 26.3. The van der Waals surface area contributed by atoms with Crippen molar-refractivity contribution in [2.75, 3.05) is 38.2 Å². The Morgan fingerprint density at radius 3 is 2.05 bits per heavy atom. The van der Waals surface area contributed by atoms with Crippen LogP contribution in [-0.4, -0.2) is 54.4 Å². The molecule has 3 aromatic carbocycles. The summed E-state index contributed by atoms with van der Waals surface area (Å²) in [5.74, 6) is -0.590. The Kier molecular flexibility index (Phi) is 8.45. The van der Waals surface area contributed by atoms with Gasteiger partial charge >= 0.3 is 12.1 Å². The molecule has 0 aromatic heterocycles. The van der Waals surface area contributed by atoms with Crippen molar-refractivity contribution >= 4 is 17.5 Å². The highest BCUT2D eigenvalue weighted by atomic mass is 19.4. The Bertz CT molecular complexity index is 1160. The molecular weight excluding hydrogens is 481 g/mol. The number of alkyl halides is 3. The molecule has 6 nitrogen and oxygen atoms in total. The maximum Gasteiger partial charge on any atom is 0.416 e. The molecular formula is C28H29F3N4O2. The topological polar surface area (TPSA) is 57.2 Å². The minimum Gasteiger partial charge on any atom is -0.460 e. The van der Waals surface area contributed by atoms with Gasteiger partial charge in [0.1, 0.15) is 0 Å². The molecule has 4 rings (SSSR count). The summed E-state index contributed by atoms with van der Waals surface area (Å²) in [5, 5.41) is 4.18. The molecule has 1 saturated heterocycles. The van der Waals surface area contributed by atoms with Gasteiger partial charge in [-0.05, 0) is 36.2 Å². The molecule has 0 amide bonds. The SMILES string of the molecule is CCOC(=O)/C(=N\Nc1cccc(C(F)(F)F)c1)N1CCN(C(c2ccccc2)c2ccccc2)CC1. The summed E-state index contributed by atoms with van der Waals surface area (Å²) < 4.78 is 44.4. The van der Waals surface area contributed by atoms with E-state index in [2.05, 4.69) is 39.7 Å². The van der Waals surface area contributed by atoms with Crippen LogP contribution in [-0.2, 0) is 15.7 Å². The number of halogens is 3. The molecule has 0 unspecified atom stereocenters. The third kappa shape index (κ3) is 6.68. The van der Waals surface area contributed by atoms with Gasteiger partial charge in [0, 0.05) is 26.2 Å². The number of carbonyl (C=O) groups is 1. The molecule has 0 saturated carbocycles. The average molecular weight is 511 g/mol. The van der Waals surface area contributed by atoms with E-state index in [0.717, 1.165) is 12.1 Å². The molecule has 37 heavy (non-hydrogen) atoms. The second kappa shape index (κ2) is 11.9. The first-order valence-electron chi connectivity index (χ1n) is 12.1. The summed E-state index contributed by atoms with van der Waals surface area (Å²) in [5.41, 5.74) is 4.29. The molecule has 1 fully saturated rings. The molecule has 0 aliphatic carbocycles. The number of benzene rings is 3. The van der Waals surface area contributed by atoms with Crippen LogP contribution >= 0.6 is 0 Å².